The van der Waals surface area contributed by atoms with Gasteiger partial charge >= 0.3 is 6.18 Å². The molecule has 3 aliphatic rings. The number of nitriles is 2. The van der Waals surface area contributed by atoms with E-state index in [2.05, 4.69) is 19.1 Å². The second kappa shape index (κ2) is 7.57. The summed E-state index contributed by atoms with van der Waals surface area (Å²) in [4.78, 5) is 1.94. The van der Waals surface area contributed by atoms with Crippen molar-refractivity contribution in [1.82, 2.24) is 4.90 Å². The first-order valence-electron chi connectivity index (χ1n) is 11.1. The Labute approximate surface area is 176 Å². The fraction of sp³-hybridized carbons (Fsp3) is 0.667. The summed E-state index contributed by atoms with van der Waals surface area (Å²) in [6.45, 7) is 2.17. The molecule has 0 amide bonds. The molecular formula is C24H28F3N3. The summed E-state index contributed by atoms with van der Waals surface area (Å²) >= 11 is 0. The molecule has 1 saturated heterocycles. The monoisotopic (exact) mass is 415 g/mol. The number of nitrogens with zero attached hydrogens (tertiary/aromatic N) is 3. The minimum absolute atomic E-state index is 0.00345. The Morgan fingerprint density at radius 1 is 0.967 bits per heavy atom. The van der Waals surface area contributed by atoms with Crippen LogP contribution in [0.25, 0.3) is 0 Å². The largest absolute Gasteiger partial charge is 0.416 e. The molecular weight excluding hydrogens is 387 g/mol. The lowest BCUT2D eigenvalue weighted by atomic mass is 9.52. The second-order valence-corrected chi connectivity index (χ2v) is 9.38. The van der Waals surface area contributed by atoms with Crippen molar-refractivity contribution in [2.45, 2.75) is 82.1 Å². The maximum absolute atomic E-state index is 13.7. The normalized spacial score (nSPS) is 36.8. The Kier molecular flexibility index (Phi) is 5.35. The smallest absolute Gasteiger partial charge is 0.262 e. The molecule has 1 heterocycles. The zero-order valence-electron chi connectivity index (χ0n) is 17.4. The first-order valence-corrected chi connectivity index (χ1v) is 11.1. The Morgan fingerprint density at radius 3 is 2.00 bits per heavy atom. The van der Waals surface area contributed by atoms with Gasteiger partial charge in [0.2, 0.25) is 0 Å². The van der Waals surface area contributed by atoms with E-state index in [-0.39, 0.29) is 29.9 Å². The van der Waals surface area contributed by atoms with Crippen molar-refractivity contribution in [3.05, 3.63) is 35.4 Å². The van der Waals surface area contributed by atoms with E-state index in [1.807, 2.05) is 4.90 Å². The molecule has 3 fully saturated rings. The molecule has 6 heteroatoms. The fourth-order valence-electron chi connectivity index (χ4n) is 6.85. The van der Waals surface area contributed by atoms with Crippen molar-refractivity contribution >= 4 is 0 Å². The van der Waals surface area contributed by atoms with Crippen molar-refractivity contribution in [1.29, 1.82) is 10.5 Å². The highest BCUT2D eigenvalue weighted by molar-refractivity contribution is 5.34. The molecule has 1 aromatic rings. The number of halogens is 3. The van der Waals surface area contributed by atoms with Crippen LogP contribution >= 0.6 is 0 Å². The van der Waals surface area contributed by atoms with E-state index in [9.17, 15) is 23.7 Å². The lowest BCUT2D eigenvalue weighted by Gasteiger charge is -2.64. The van der Waals surface area contributed by atoms with E-state index in [1.54, 1.807) is 6.07 Å². The van der Waals surface area contributed by atoms with Crippen LogP contribution in [0.2, 0.25) is 0 Å². The van der Waals surface area contributed by atoms with E-state index in [0.717, 1.165) is 44.6 Å². The number of benzene rings is 1. The molecule has 4 rings (SSSR count). The number of rotatable bonds is 2. The fourth-order valence-corrected chi connectivity index (χ4v) is 6.85. The van der Waals surface area contributed by atoms with Gasteiger partial charge in [0, 0.05) is 6.54 Å². The molecule has 0 N–H and O–H groups in total. The lowest BCUT2D eigenvalue weighted by molar-refractivity contribution is -0.151. The van der Waals surface area contributed by atoms with Crippen LogP contribution in [0.15, 0.2) is 24.3 Å². The number of fused-ring (bicyclic) bond motifs is 2. The van der Waals surface area contributed by atoms with Crippen molar-refractivity contribution in [2.75, 3.05) is 0 Å². The van der Waals surface area contributed by atoms with Crippen LogP contribution in [-0.4, -0.2) is 16.0 Å². The summed E-state index contributed by atoms with van der Waals surface area (Å²) in [5.41, 5.74) is -2.25. The summed E-state index contributed by atoms with van der Waals surface area (Å²) in [6, 6.07) is 10.8. The molecule has 5 atom stereocenters. The van der Waals surface area contributed by atoms with E-state index < -0.39 is 22.8 Å². The molecule has 160 valence electrons. The summed E-state index contributed by atoms with van der Waals surface area (Å²) in [5.74, 6) is 0.414. The number of alkyl halides is 3. The van der Waals surface area contributed by atoms with E-state index in [1.165, 1.54) is 12.1 Å². The maximum Gasteiger partial charge on any atom is 0.416 e. The predicted molar refractivity (Wildman–Crippen MR) is 107 cm³/mol. The molecule has 3 nitrogen and oxygen atoms in total. The van der Waals surface area contributed by atoms with Crippen LogP contribution in [0.4, 0.5) is 13.2 Å². The summed E-state index contributed by atoms with van der Waals surface area (Å²) in [5, 5.41) is 20.9. The van der Waals surface area contributed by atoms with Crippen LogP contribution in [0.1, 0.15) is 69.4 Å². The van der Waals surface area contributed by atoms with Gasteiger partial charge in [0.05, 0.1) is 17.7 Å². The predicted octanol–water partition coefficient (Wildman–Crippen LogP) is 6.06. The number of piperidine rings is 1. The Morgan fingerprint density at radius 2 is 1.50 bits per heavy atom. The second-order valence-electron chi connectivity index (χ2n) is 9.38. The van der Waals surface area contributed by atoms with Gasteiger partial charge in [-0.15, -0.1) is 0 Å². The average molecular weight is 416 g/mol. The molecule has 30 heavy (non-hydrogen) atoms. The summed E-state index contributed by atoms with van der Waals surface area (Å²) in [6.07, 6.45) is 2.44. The highest BCUT2D eigenvalue weighted by Crippen LogP contribution is 2.58. The minimum Gasteiger partial charge on any atom is -0.262 e. The molecule has 0 aromatic heterocycles. The first-order chi connectivity index (χ1) is 14.3. The zero-order chi connectivity index (χ0) is 21.6. The van der Waals surface area contributed by atoms with Gasteiger partial charge in [0.15, 0.2) is 0 Å². The SMILES string of the molecule is CC1[C@@H]2CCCC[C@]2(C#N)N(Cc2ccccc2C(F)(F)F)[C@]2(C#N)CCCC[C@@H]12. The number of hydrogen-bond acceptors (Lipinski definition) is 3. The highest BCUT2D eigenvalue weighted by Gasteiger charge is 2.64. The Bertz CT molecular complexity index is 841. The van der Waals surface area contributed by atoms with Crippen LogP contribution in [-0.2, 0) is 12.7 Å². The molecule has 2 aliphatic carbocycles. The van der Waals surface area contributed by atoms with Gasteiger partial charge in [-0.3, -0.25) is 4.90 Å². The van der Waals surface area contributed by atoms with E-state index >= 15 is 0 Å². The average Bonchev–Trinajstić information content (AvgIpc) is 2.76. The molecule has 0 radical (unpaired) electrons. The summed E-state index contributed by atoms with van der Waals surface area (Å²) < 4.78 is 41.2. The molecule has 1 unspecified atom stereocenters. The lowest BCUT2D eigenvalue weighted by Crippen LogP contribution is -2.72. The quantitative estimate of drug-likeness (QED) is 0.590. The van der Waals surface area contributed by atoms with Crippen LogP contribution in [0.3, 0.4) is 0 Å². The molecule has 1 aliphatic heterocycles. The zero-order valence-corrected chi connectivity index (χ0v) is 17.4. The molecule has 0 spiro atoms. The third-order valence-electron chi connectivity index (χ3n) is 8.14. The summed E-state index contributed by atoms with van der Waals surface area (Å²) in [7, 11) is 0. The van der Waals surface area contributed by atoms with Gasteiger partial charge in [-0.1, -0.05) is 50.8 Å². The Balaban J connectivity index is 1.88. The standard InChI is InChI=1S/C24H28F3N3/c1-17-19-9-4-6-12-22(19,15-28)30(23(16-29)13-7-5-10-20(17)23)14-18-8-2-3-11-21(18)24(25,26)27/h2-3,8,11,17,19-20H,4-7,9-10,12-14H2,1H3/t17?,19-,20-,22-,23+/m0/s1. The number of likely N-dealkylation sites (tertiary alicyclic amines) is 1. The van der Waals surface area contributed by atoms with Gasteiger partial charge in [0.25, 0.3) is 0 Å². The third kappa shape index (κ3) is 3.04. The van der Waals surface area contributed by atoms with Gasteiger partial charge in [-0.05, 0) is 55.1 Å². The minimum atomic E-state index is -4.46. The van der Waals surface area contributed by atoms with Gasteiger partial charge in [-0.25, -0.2) is 0 Å². The number of hydrogen-bond donors (Lipinski definition) is 0. The van der Waals surface area contributed by atoms with Crippen molar-refractivity contribution in [3.8, 4) is 12.1 Å². The highest BCUT2D eigenvalue weighted by atomic mass is 19.4. The van der Waals surface area contributed by atoms with Crippen LogP contribution in [0, 0.1) is 40.4 Å². The van der Waals surface area contributed by atoms with Gasteiger partial charge < -0.3 is 0 Å². The van der Waals surface area contributed by atoms with E-state index in [0.29, 0.717) is 12.8 Å². The van der Waals surface area contributed by atoms with Crippen LogP contribution in [0.5, 0.6) is 0 Å². The molecule has 2 saturated carbocycles. The van der Waals surface area contributed by atoms with Gasteiger partial charge in [-0.2, -0.15) is 23.7 Å². The van der Waals surface area contributed by atoms with Crippen molar-refractivity contribution in [3.63, 3.8) is 0 Å². The third-order valence-corrected chi connectivity index (χ3v) is 8.14. The topological polar surface area (TPSA) is 50.8 Å². The van der Waals surface area contributed by atoms with Crippen molar-refractivity contribution in [2.24, 2.45) is 17.8 Å². The Hall–Kier alpha value is -2.05. The van der Waals surface area contributed by atoms with Crippen LogP contribution < -0.4 is 0 Å². The van der Waals surface area contributed by atoms with Crippen molar-refractivity contribution < 1.29 is 13.2 Å². The molecule has 1 aromatic carbocycles. The van der Waals surface area contributed by atoms with E-state index in [4.69, 9.17) is 0 Å². The first kappa shape index (κ1) is 21.2. The molecule has 0 bridgehead atoms. The van der Waals surface area contributed by atoms with Gasteiger partial charge in [0.1, 0.15) is 11.1 Å². The maximum atomic E-state index is 13.7.